The zero-order chi connectivity index (χ0) is 17.0. The maximum Gasteiger partial charge on any atom is 0.335 e. The van der Waals surface area contributed by atoms with Gasteiger partial charge in [0.25, 0.3) is 0 Å². The molecule has 23 heavy (non-hydrogen) atoms. The first-order chi connectivity index (χ1) is 10.8. The summed E-state index contributed by atoms with van der Waals surface area (Å²) in [6, 6.07) is 5.86. The molecule has 1 aromatic carbocycles. The Kier molecular flexibility index (Phi) is 5.38. The van der Waals surface area contributed by atoms with Gasteiger partial charge in [-0.05, 0) is 44.0 Å². The SMILES string of the molecule is CCS(=O)(=O)N1CCCC(C(=O)Nc2ccc(C(=O)O)cc2)C1. The van der Waals surface area contributed by atoms with E-state index in [9.17, 15) is 18.0 Å². The van der Waals surface area contributed by atoms with Crippen molar-refractivity contribution < 1.29 is 23.1 Å². The van der Waals surface area contributed by atoms with Crippen LogP contribution < -0.4 is 5.32 Å². The third-order valence-electron chi connectivity index (χ3n) is 3.91. The Labute approximate surface area is 135 Å². The molecule has 1 aromatic rings. The average molecular weight is 340 g/mol. The molecule has 8 heteroatoms. The summed E-state index contributed by atoms with van der Waals surface area (Å²) in [5, 5.41) is 11.6. The fourth-order valence-electron chi connectivity index (χ4n) is 2.53. The molecule has 1 unspecified atom stereocenters. The first-order valence-electron chi connectivity index (χ1n) is 7.45. The second-order valence-corrected chi connectivity index (χ2v) is 7.73. The van der Waals surface area contributed by atoms with Gasteiger partial charge in [0.2, 0.25) is 15.9 Å². The lowest BCUT2D eigenvalue weighted by Crippen LogP contribution is -2.44. The van der Waals surface area contributed by atoms with Gasteiger partial charge in [-0.2, -0.15) is 0 Å². The van der Waals surface area contributed by atoms with Gasteiger partial charge in [-0.25, -0.2) is 17.5 Å². The Hall–Kier alpha value is -1.93. The Balaban J connectivity index is 2.01. The molecule has 1 amide bonds. The van der Waals surface area contributed by atoms with Gasteiger partial charge in [0.1, 0.15) is 0 Å². The Morgan fingerprint density at radius 1 is 1.30 bits per heavy atom. The predicted octanol–water partition coefficient (Wildman–Crippen LogP) is 1.38. The van der Waals surface area contributed by atoms with Gasteiger partial charge in [-0.3, -0.25) is 4.79 Å². The predicted molar refractivity (Wildman–Crippen MR) is 85.8 cm³/mol. The van der Waals surface area contributed by atoms with Crippen LogP contribution in [0.5, 0.6) is 0 Å². The summed E-state index contributed by atoms with van der Waals surface area (Å²) in [5.41, 5.74) is 0.636. The van der Waals surface area contributed by atoms with Crippen molar-refractivity contribution in [3.05, 3.63) is 29.8 Å². The highest BCUT2D eigenvalue weighted by molar-refractivity contribution is 7.89. The number of anilines is 1. The average Bonchev–Trinajstić information content (AvgIpc) is 2.55. The molecule has 0 radical (unpaired) electrons. The number of nitrogens with zero attached hydrogens (tertiary/aromatic N) is 1. The topological polar surface area (TPSA) is 104 Å². The minimum Gasteiger partial charge on any atom is -0.478 e. The van der Waals surface area contributed by atoms with Gasteiger partial charge in [0.15, 0.2) is 0 Å². The van der Waals surface area contributed by atoms with E-state index in [0.717, 1.165) is 0 Å². The third kappa shape index (κ3) is 4.29. The van der Waals surface area contributed by atoms with Crippen molar-refractivity contribution >= 4 is 27.6 Å². The minimum absolute atomic E-state index is 0.0258. The number of piperidine rings is 1. The first kappa shape index (κ1) is 17.4. The number of amides is 1. The van der Waals surface area contributed by atoms with E-state index in [1.165, 1.54) is 28.6 Å². The largest absolute Gasteiger partial charge is 0.478 e. The second kappa shape index (κ2) is 7.10. The molecular weight excluding hydrogens is 320 g/mol. The number of carboxylic acids is 1. The number of nitrogens with one attached hydrogen (secondary N) is 1. The number of aromatic carboxylic acids is 1. The van der Waals surface area contributed by atoms with Crippen LogP contribution in [0, 0.1) is 5.92 Å². The van der Waals surface area contributed by atoms with Crippen molar-refractivity contribution in [1.29, 1.82) is 0 Å². The lowest BCUT2D eigenvalue weighted by atomic mass is 9.98. The quantitative estimate of drug-likeness (QED) is 0.843. The van der Waals surface area contributed by atoms with E-state index in [2.05, 4.69) is 5.32 Å². The molecule has 1 atom stereocenters. The van der Waals surface area contributed by atoms with Crippen LogP contribution in [0.25, 0.3) is 0 Å². The van der Waals surface area contributed by atoms with E-state index in [1.807, 2.05) is 0 Å². The molecule has 2 N–H and O–H groups in total. The van der Waals surface area contributed by atoms with E-state index in [1.54, 1.807) is 6.92 Å². The summed E-state index contributed by atoms with van der Waals surface area (Å²) >= 11 is 0. The number of rotatable bonds is 5. The Morgan fingerprint density at radius 2 is 1.96 bits per heavy atom. The van der Waals surface area contributed by atoms with Crippen molar-refractivity contribution in [3.63, 3.8) is 0 Å². The van der Waals surface area contributed by atoms with E-state index in [-0.39, 0.29) is 23.8 Å². The minimum atomic E-state index is -3.29. The molecule has 0 bridgehead atoms. The van der Waals surface area contributed by atoms with Crippen LogP contribution in [0.4, 0.5) is 5.69 Å². The molecule has 0 saturated carbocycles. The van der Waals surface area contributed by atoms with E-state index in [0.29, 0.717) is 25.1 Å². The molecule has 2 rings (SSSR count). The highest BCUT2D eigenvalue weighted by Gasteiger charge is 2.31. The molecule has 1 saturated heterocycles. The van der Waals surface area contributed by atoms with Crippen LogP contribution in [-0.2, 0) is 14.8 Å². The van der Waals surface area contributed by atoms with Gasteiger partial charge in [-0.15, -0.1) is 0 Å². The van der Waals surface area contributed by atoms with Crippen LogP contribution >= 0.6 is 0 Å². The Bertz CT molecular complexity index is 684. The number of carbonyl (C=O) groups excluding carboxylic acids is 1. The second-order valence-electron chi connectivity index (χ2n) is 5.47. The maximum absolute atomic E-state index is 12.3. The normalized spacial score (nSPS) is 19.3. The monoisotopic (exact) mass is 340 g/mol. The smallest absolute Gasteiger partial charge is 0.335 e. The number of hydrogen-bond donors (Lipinski definition) is 2. The van der Waals surface area contributed by atoms with Crippen LogP contribution in [0.2, 0.25) is 0 Å². The molecule has 0 aliphatic carbocycles. The van der Waals surface area contributed by atoms with Crippen LogP contribution in [0.3, 0.4) is 0 Å². The highest BCUT2D eigenvalue weighted by atomic mass is 32.2. The lowest BCUT2D eigenvalue weighted by Gasteiger charge is -2.30. The van der Waals surface area contributed by atoms with Crippen molar-refractivity contribution in [2.45, 2.75) is 19.8 Å². The lowest BCUT2D eigenvalue weighted by molar-refractivity contribution is -0.120. The molecule has 0 spiro atoms. The first-order valence-corrected chi connectivity index (χ1v) is 9.06. The number of hydrogen-bond acceptors (Lipinski definition) is 4. The van der Waals surface area contributed by atoms with Crippen LogP contribution in [0.1, 0.15) is 30.1 Å². The number of carbonyl (C=O) groups is 2. The highest BCUT2D eigenvalue weighted by Crippen LogP contribution is 2.21. The molecule has 1 fully saturated rings. The molecule has 1 aliphatic heterocycles. The summed E-state index contributed by atoms with van der Waals surface area (Å²) in [4.78, 5) is 23.1. The van der Waals surface area contributed by atoms with Gasteiger partial charge in [-0.1, -0.05) is 0 Å². The van der Waals surface area contributed by atoms with Crippen molar-refractivity contribution in [2.24, 2.45) is 5.92 Å². The summed E-state index contributed by atoms with van der Waals surface area (Å²) < 4.78 is 25.2. The molecular formula is C15H20N2O5S. The third-order valence-corrected chi connectivity index (χ3v) is 5.76. The van der Waals surface area contributed by atoms with Crippen LogP contribution in [0.15, 0.2) is 24.3 Å². The molecule has 0 aromatic heterocycles. The van der Waals surface area contributed by atoms with Crippen LogP contribution in [-0.4, -0.2) is 48.5 Å². The zero-order valence-corrected chi connectivity index (χ0v) is 13.7. The summed E-state index contributed by atoms with van der Waals surface area (Å²) in [5.74, 6) is -1.65. The van der Waals surface area contributed by atoms with Gasteiger partial charge in [0.05, 0.1) is 17.2 Å². The molecule has 1 aliphatic rings. The van der Waals surface area contributed by atoms with Gasteiger partial charge < -0.3 is 10.4 Å². The van der Waals surface area contributed by atoms with Gasteiger partial charge >= 0.3 is 5.97 Å². The summed E-state index contributed by atoms with van der Waals surface area (Å²) in [6.45, 7) is 2.23. The number of sulfonamides is 1. The molecule has 7 nitrogen and oxygen atoms in total. The van der Waals surface area contributed by atoms with Crippen molar-refractivity contribution in [1.82, 2.24) is 4.31 Å². The van der Waals surface area contributed by atoms with E-state index >= 15 is 0 Å². The maximum atomic E-state index is 12.3. The summed E-state index contributed by atoms with van der Waals surface area (Å²) in [6.07, 6.45) is 1.28. The fourth-order valence-corrected chi connectivity index (χ4v) is 3.71. The zero-order valence-electron chi connectivity index (χ0n) is 12.9. The molecule has 1 heterocycles. The van der Waals surface area contributed by atoms with Crippen molar-refractivity contribution in [3.8, 4) is 0 Å². The van der Waals surface area contributed by atoms with E-state index < -0.39 is 21.9 Å². The Morgan fingerprint density at radius 3 is 2.52 bits per heavy atom. The summed E-state index contributed by atoms with van der Waals surface area (Å²) in [7, 11) is -3.29. The standard InChI is InChI=1S/C15H20N2O5S/c1-2-23(21,22)17-9-3-4-12(10-17)14(18)16-13-7-5-11(6-8-13)15(19)20/h5-8,12H,2-4,9-10H2,1H3,(H,16,18)(H,19,20). The number of carboxylic acid groups (broad SMARTS) is 1. The van der Waals surface area contributed by atoms with Crippen molar-refractivity contribution in [2.75, 3.05) is 24.2 Å². The van der Waals surface area contributed by atoms with E-state index in [4.69, 9.17) is 5.11 Å². The van der Waals surface area contributed by atoms with Gasteiger partial charge in [0, 0.05) is 18.8 Å². The number of benzene rings is 1. The molecule has 126 valence electrons. The fraction of sp³-hybridized carbons (Fsp3) is 0.467.